The van der Waals surface area contributed by atoms with Gasteiger partial charge in [-0.2, -0.15) is 13.2 Å². The Morgan fingerprint density at radius 1 is 1.19 bits per heavy atom. The highest BCUT2D eigenvalue weighted by molar-refractivity contribution is 6.47. The van der Waals surface area contributed by atoms with Gasteiger partial charge in [-0.15, -0.1) is 12.4 Å². The van der Waals surface area contributed by atoms with Crippen LogP contribution in [0.1, 0.15) is 44.7 Å². The maximum atomic E-state index is 12.7. The van der Waals surface area contributed by atoms with Crippen LogP contribution in [0.15, 0.2) is 24.3 Å². The summed E-state index contributed by atoms with van der Waals surface area (Å²) in [6.45, 7) is 6.72. The van der Waals surface area contributed by atoms with E-state index in [1.807, 2.05) is 0 Å². The lowest BCUT2D eigenvalue weighted by molar-refractivity contribution is -0.199. The van der Waals surface area contributed by atoms with Gasteiger partial charge in [-0.1, -0.05) is 26.0 Å². The first kappa shape index (κ1) is 21.0. The number of benzene rings is 1. The third-order valence-electron chi connectivity index (χ3n) is 7.07. The molecule has 3 aliphatic carbocycles. The molecule has 1 aromatic rings. The minimum absolute atomic E-state index is 0. The number of hydrogen-bond donors (Lipinski definition) is 1. The Balaban J connectivity index is 0.00000210. The SMILES string of the molecule is CC1(C)C2C[C@H]3OB([C@@H](N)Cc4ccc(C(F)(F)F)cc4)O[C@@]3(C)[C@H]1C2.Cl. The summed E-state index contributed by atoms with van der Waals surface area (Å²) in [6.07, 6.45) is -1.68. The van der Waals surface area contributed by atoms with Gasteiger partial charge in [0.25, 0.3) is 0 Å². The summed E-state index contributed by atoms with van der Waals surface area (Å²) >= 11 is 0. The highest BCUT2D eigenvalue weighted by atomic mass is 35.5. The molecule has 4 fully saturated rings. The van der Waals surface area contributed by atoms with Crippen LogP contribution in [-0.4, -0.2) is 24.8 Å². The Hall–Kier alpha value is -0.755. The molecule has 2 N–H and O–H groups in total. The van der Waals surface area contributed by atoms with Crippen molar-refractivity contribution in [3.8, 4) is 0 Å². The van der Waals surface area contributed by atoms with E-state index >= 15 is 0 Å². The van der Waals surface area contributed by atoms with Crippen LogP contribution in [0, 0.1) is 17.3 Å². The van der Waals surface area contributed by atoms with Gasteiger partial charge in [0.2, 0.25) is 0 Å². The van der Waals surface area contributed by atoms with Crippen LogP contribution in [0.5, 0.6) is 0 Å². The van der Waals surface area contributed by atoms with Crippen molar-refractivity contribution in [1.29, 1.82) is 0 Å². The van der Waals surface area contributed by atoms with Gasteiger partial charge in [0.1, 0.15) is 0 Å². The fraction of sp³-hybridized carbons (Fsp3) is 0.684. The first-order chi connectivity index (χ1) is 12.0. The van der Waals surface area contributed by atoms with Crippen LogP contribution >= 0.6 is 12.4 Å². The summed E-state index contributed by atoms with van der Waals surface area (Å²) in [5.41, 5.74) is 6.35. The predicted octanol–water partition coefficient (Wildman–Crippen LogP) is 4.26. The van der Waals surface area contributed by atoms with Gasteiger partial charge in [0.05, 0.1) is 17.3 Å². The molecular weight excluding hydrogens is 377 g/mol. The molecule has 4 aliphatic rings. The van der Waals surface area contributed by atoms with Crippen LogP contribution in [-0.2, 0) is 21.9 Å². The van der Waals surface area contributed by atoms with Crippen LogP contribution in [0.4, 0.5) is 13.2 Å². The van der Waals surface area contributed by atoms with Crippen molar-refractivity contribution < 1.29 is 22.5 Å². The average molecular weight is 404 g/mol. The number of hydrogen-bond acceptors (Lipinski definition) is 3. The van der Waals surface area contributed by atoms with E-state index in [0.29, 0.717) is 18.3 Å². The maximum absolute atomic E-state index is 12.7. The van der Waals surface area contributed by atoms with Crippen LogP contribution in [0.2, 0.25) is 0 Å². The topological polar surface area (TPSA) is 44.5 Å². The van der Waals surface area contributed by atoms with E-state index < -0.39 is 24.8 Å². The third kappa shape index (κ3) is 3.30. The van der Waals surface area contributed by atoms with E-state index in [1.54, 1.807) is 0 Å². The summed E-state index contributed by atoms with van der Waals surface area (Å²) in [5.74, 6) is 0.718. The summed E-state index contributed by atoms with van der Waals surface area (Å²) in [7, 11) is -0.512. The average Bonchev–Trinajstić information content (AvgIpc) is 2.91. The molecule has 1 aliphatic heterocycles. The molecule has 8 heteroatoms. The lowest BCUT2D eigenvalue weighted by Crippen LogP contribution is -2.65. The zero-order chi connectivity index (χ0) is 18.9. The van der Waals surface area contributed by atoms with Crippen molar-refractivity contribution in [3.05, 3.63) is 35.4 Å². The molecule has 1 saturated heterocycles. The van der Waals surface area contributed by atoms with E-state index in [4.69, 9.17) is 15.0 Å². The number of halogens is 4. The highest BCUT2D eigenvalue weighted by Gasteiger charge is 2.68. The normalized spacial score (nSPS) is 35.1. The van der Waals surface area contributed by atoms with Gasteiger partial charge in [-0.3, -0.25) is 0 Å². The zero-order valence-corrected chi connectivity index (χ0v) is 16.6. The molecule has 0 amide bonds. The molecule has 3 saturated carbocycles. The van der Waals surface area contributed by atoms with E-state index in [1.165, 1.54) is 18.6 Å². The Kier molecular flexibility index (Phi) is 5.16. The molecule has 3 nitrogen and oxygen atoms in total. The molecule has 5 atom stereocenters. The smallest absolute Gasteiger partial charge is 0.404 e. The van der Waals surface area contributed by atoms with Crippen molar-refractivity contribution in [2.24, 2.45) is 23.0 Å². The fourth-order valence-electron chi connectivity index (χ4n) is 5.28. The van der Waals surface area contributed by atoms with Crippen molar-refractivity contribution >= 4 is 19.5 Å². The predicted molar refractivity (Wildman–Crippen MR) is 100 cm³/mol. The second-order valence-corrected chi connectivity index (χ2v) is 8.90. The Bertz CT molecular complexity index is 699. The molecule has 0 radical (unpaired) electrons. The lowest BCUT2D eigenvalue weighted by atomic mass is 9.43. The van der Waals surface area contributed by atoms with Crippen molar-refractivity contribution in [3.63, 3.8) is 0 Å². The Labute approximate surface area is 164 Å². The van der Waals surface area contributed by atoms with Gasteiger partial charge in [-0.25, -0.2) is 0 Å². The Morgan fingerprint density at radius 2 is 1.81 bits per heavy atom. The number of rotatable bonds is 3. The molecule has 1 aromatic carbocycles. The van der Waals surface area contributed by atoms with Crippen LogP contribution < -0.4 is 5.73 Å². The number of alkyl halides is 3. The summed E-state index contributed by atoms with van der Waals surface area (Å²) in [5, 5.41) is 0. The number of nitrogens with two attached hydrogens (primary N) is 1. The minimum Gasteiger partial charge on any atom is -0.404 e. The van der Waals surface area contributed by atoms with Crippen LogP contribution in [0.25, 0.3) is 0 Å². The minimum atomic E-state index is -4.32. The second-order valence-electron chi connectivity index (χ2n) is 8.90. The third-order valence-corrected chi connectivity index (χ3v) is 7.07. The molecule has 5 rings (SSSR count). The van der Waals surface area contributed by atoms with E-state index in [-0.39, 0.29) is 29.5 Å². The first-order valence-electron chi connectivity index (χ1n) is 9.27. The van der Waals surface area contributed by atoms with Crippen LogP contribution in [0.3, 0.4) is 0 Å². The molecule has 0 spiro atoms. The highest BCUT2D eigenvalue weighted by Crippen LogP contribution is 2.65. The van der Waals surface area contributed by atoms with Crippen molar-refractivity contribution in [2.45, 2.75) is 63.9 Å². The molecule has 1 heterocycles. The molecule has 0 aromatic heterocycles. The van der Waals surface area contributed by atoms with Gasteiger partial charge in [-0.05, 0) is 61.1 Å². The molecule has 150 valence electrons. The quantitative estimate of drug-likeness (QED) is 0.767. The van der Waals surface area contributed by atoms with Gasteiger partial charge >= 0.3 is 13.3 Å². The lowest BCUT2D eigenvalue weighted by Gasteiger charge is -2.64. The Morgan fingerprint density at radius 3 is 2.37 bits per heavy atom. The van der Waals surface area contributed by atoms with E-state index in [0.717, 1.165) is 24.1 Å². The molecule has 27 heavy (non-hydrogen) atoms. The standard InChI is InChI=1S/C19H25BF3NO2.ClH/c1-17(2)13-9-14(17)18(3)15(10-13)25-20(26-18)16(24)8-11-4-6-12(7-5-11)19(21,22)23;/h4-7,13-16H,8-10,24H2,1-3H3;1H/t13?,14-,15+,16-,18-;/m0./s1. The van der Waals surface area contributed by atoms with Gasteiger partial charge < -0.3 is 15.0 Å². The maximum Gasteiger partial charge on any atom is 0.475 e. The van der Waals surface area contributed by atoms with Gasteiger partial charge in [0.15, 0.2) is 0 Å². The molecule has 1 unspecified atom stereocenters. The summed E-state index contributed by atoms with van der Waals surface area (Å²) in [4.78, 5) is 0. The summed E-state index contributed by atoms with van der Waals surface area (Å²) < 4.78 is 50.5. The molecular formula is C19H26BClF3NO2. The van der Waals surface area contributed by atoms with Gasteiger partial charge in [0, 0.05) is 5.94 Å². The fourth-order valence-corrected chi connectivity index (χ4v) is 5.28. The zero-order valence-electron chi connectivity index (χ0n) is 15.8. The van der Waals surface area contributed by atoms with Crippen molar-refractivity contribution in [1.82, 2.24) is 0 Å². The molecule has 2 bridgehead atoms. The van der Waals surface area contributed by atoms with Crippen molar-refractivity contribution in [2.75, 3.05) is 0 Å². The second kappa shape index (κ2) is 6.65. The first-order valence-corrected chi connectivity index (χ1v) is 9.27. The van der Waals surface area contributed by atoms with E-state index in [2.05, 4.69) is 20.8 Å². The largest absolute Gasteiger partial charge is 0.475 e. The summed E-state index contributed by atoms with van der Waals surface area (Å²) in [6, 6.07) is 5.15. The monoisotopic (exact) mass is 403 g/mol. The van der Waals surface area contributed by atoms with E-state index in [9.17, 15) is 13.2 Å².